The van der Waals surface area contributed by atoms with Gasteiger partial charge in [-0.05, 0) is 30.7 Å². The second-order valence-electron chi connectivity index (χ2n) is 6.65. The van der Waals surface area contributed by atoms with Gasteiger partial charge in [-0.1, -0.05) is 42.5 Å². The molecule has 5 heteroatoms. The molecule has 0 N–H and O–H groups in total. The highest BCUT2D eigenvalue weighted by molar-refractivity contribution is 5.77. The van der Waals surface area contributed by atoms with Crippen LogP contribution in [0.15, 0.2) is 73.1 Å². The highest BCUT2D eigenvalue weighted by atomic mass is 16.7. The minimum Gasteiger partial charge on any atom is -0.345 e. The van der Waals surface area contributed by atoms with Crippen molar-refractivity contribution in [1.29, 1.82) is 0 Å². The van der Waals surface area contributed by atoms with E-state index in [4.69, 9.17) is 9.47 Å². The number of aromatic nitrogens is 3. The summed E-state index contributed by atoms with van der Waals surface area (Å²) in [5.41, 5.74) is 5.16. The molecule has 0 saturated carbocycles. The summed E-state index contributed by atoms with van der Waals surface area (Å²) < 4.78 is 14.1. The Labute approximate surface area is 157 Å². The Hall–Kier alpha value is -3.02. The molecule has 5 nitrogen and oxygen atoms in total. The topological polar surface area (TPSA) is 49.2 Å². The number of pyridine rings is 1. The molecule has 0 aliphatic carbocycles. The molecule has 0 bridgehead atoms. The van der Waals surface area contributed by atoms with Crippen LogP contribution in [0.25, 0.3) is 16.7 Å². The lowest BCUT2D eigenvalue weighted by molar-refractivity contribution is -0.0607. The Balaban J connectivity index is 1.40. The van der Waals surface area contributed by atoms with E-state index in [1.54, 1.807) is 12.4 Å². The summed E-state index contributed by atoms with van der Waals surface area (Å²) in [5.74, 6) is 0.934. The first-order chi connectivity index (χ1) is 13.3. The van der Waals surface area contributed by atoms with Crippen LogP contribution in [0.4, 0.5) is 0 Å². The molecule has 134 valence electrons. The highest BCUT2D eigenvalue weighted by Crippen LogP contribution is 2.35. The molecule has 3 heterocycles. The van der Waals surface area contributed by atoms with Crippen molar-refractivity contribution in [2.24, 2.45) is 0 Å². The normalized spacial score (nSPS) is 19.6. The molecule has 2 atom stereocenters. The summed E-state index contributed by atoms with van der Waals surface area (Å²) in [6, 6.07) is 20.4. The third-order valence-corrected chi connectivity index (χ3v) is 4.91. The summed E-state index contributed by atoms with van der Waals surface area (Å²) in [5, 5.41) is 0. The highest BCUT2D eigenvalue weighted by Gasteiger charge is 2.28. The van der Waals surface area contributed by atoms with Crippen LogP contribution in [0.2, 0.25) is 0 Å². The van der Waals surface area contributed by atoms with Gasteiger partial charge in [0, 0.05) is 17.4 Å². The Kier molecular flexibility index (Phi) is 3.96. The smallest absolute Gasteiger partial charge is 0.184 e. The van der Waals surface area contributed by atoms with Crippen LogP contribution in [0, 0.1) is 6.92 Å². The van der Waals surface area contributed by atoms with Gasteiger partial charge in [-0.2, -0.15) is 0 Å². The molecule has 2 aromatic carbocycles. The lowest BCUT2D eigenvalue weighted by atomic mass is 10.1. The maximum absolute atomic E-state index is 6.11. The fourth-order valence-electron chi connectivity index (χ4n) is 3.58. The third-order valence-electron chi connectivity index (χ3n) is 4.91. The van der Waals surface area contributed by atoms with Crippen LogP contribution in [0.3, 0.4) is 0 Å². The minimum atomic E-state index is -0.339. The zero-order valence-corrected chi connectivity index (χ0v) is 14.9. The van der Waals surface area contributed by atoms with Crippen molar-refractivity contribution in [3.8, 4) is 5.69 Å². The standard InChI is InChI=1S/C22H19N3O2/c1-15-24-19-13-23-12-11-20(19)25(15)18-9-7-17(8-10-18)22-26-14-21(27-22)16-5-3-2-4-6-16/h2-13,21-22H,14H2,1H3. The Morgan fingerprint density at radius 3 is 2.59 bits per heavy atom. The van der Waals surface area contributed by atoms with Crippen LogP contribution in [0.1, 0.15) is 29.3 Å². The lowest BCUT2D eigenvalue weighted by Crippen LogP contribution is -2.02. The lowest BCUT2D eigenvalue weighted by Gasteiger charge is -2.13. The predicted molar refractivity (Wildman–Crippen MR) is 103 cm³/mol. The third kappa shape index (κ3) is 2.91. The Bertz CT molecular complexity index is 1070. The van der Waals surface area contributed by atoms with Gasteiger partial charge in [0.05, 0.1) is 18.3 Å². The molecule has 0 radical (unpaired) electrons. The van der Waals surface area contributed by atoms with Crippen LogP contribution in [0.5, 0.6) is 0 Å². The van der Waals surface area contributed by atoms with Crippen LogP contribution >= 0.6 is 0 Å². The van der Waals surface area contributed by atoms with Crippen LogP contribution in [-0.2, 0) is 9.47 Å². The molecule has 27 heavy (non-hydrogen) atoms. The van der Waals surface area contributed by atoms with E-state index in [0.29, 0.717) is 6.61 Å². The van der Waals surface area contributed by atoms with Crippen molar-refractivity contribution in [2.45, 2.75) is 19.3 Å². The number of aryl methyl sites for hydroxylation is 1. The van der Waals surface area contributed by atoms with Crippen molar-refractivity contribution >= 4 is 11.0 Å². The zero-order chi connectivity index (χ0) is 18.2. The van der Waals surface area contributed by atoms with Crippen molar-refractivity contribution in [1.82, 2.24) is 14.5 Å². The van der Waals surface area contributed by atoms with Crippen molar-refractivity contribution in [3.05, 3.63) is 90.0 Å². The summed E-state index contributed by atoms with van der Waals surface area (Å²) in [6.45, 7) is 2.57. The average Bonchev–Trinajstić information content (AvgIpc) is 3.33. The monoisotopic (exact) mass is 357 g/mol. The van der Waals surface area contributed by atoms with E-state index in [1.807, 2.05) is 31.2 Å². The van der Waals surface area contributed by atoms with Gasteiger partial charge >= 0.3 is 0 Å². The fourth-order valence-corrected chi connectivity index (χ4v) is 3.58. The van der Waals surface area contributed by atoms with E-state index >= 15 is 0 Å². The van der Waals surface area contributed by atoms with Crippen LogP contribution in [-0.4, -0.2) is 21.1 Å². The molecular formula is C22H19N3O2. The van der Waals surface area contributed by atoms with E-state index in [2.05, 4.69) is 50.9 Å². The van der Waals surface area contributed by atoms with Gasteiger partial charge < -0.3 is 9.47 Å². The molecule has 1 aliphatic rings. The first-order valence-electron chi connectivity index (χ1n) is 9.01. The molecule has 5 rings (SSSR count). The molecule has 0 amide bonds. The SMILES string of the molecule is Cc1nc2cnccc2n1-c1ccc(C2OCC(c3ccccc3)O2)cc1. The summed E-state index contributed by atoms with van der Waals surface area (Å²) >= 11 is 0. The Morgan fingerprint density at radius 1 is 0.963 bits per heavy atom. The molecule has 1 aliphatic heterocycles. The van der Waals surface area contributed by atoms with Gasteiger partial charge in [0.15, 0.2) is 6.29 Å². The molecule has 0 spiro atoms. The van der Waals surface area contributed by atoms with E-state index < -0.39 is 0 Å². The zero-order valence-electron chi connectivity index (χ0n) is 14.9. The maximum atomic E-state index is 6.11. The first kappa shape index (κ1) is 16.2. The average molecular weight is 357 g/mol. The number of imidazole rings is 1. The minimum absolute atomic E-state index is 0.0248. The number of fused-ring (bicyclic) bond motifs is 1. The number of hydrogen-bond donors (Lipinski definition) is 0. The Morgan fingerprint density at radius 2 is 1.78 bits per heavy atom. The molecule has 2 unspecified atom stereocenters. The predicted octanol–water partition coefficient (Wildman–Crippen LogP) is 4.52. The summed E-state index contributed by atoms with van der Waals surface area (Å²) in [4.78, 5) is 8.73. The molecular weight excluding hydrogens is 338 g/mol. The molecule has 4 aromatic rings. The van der Waals surface area contributed by atoms with Gasteiger partial charge in [-0.25, -0.2) is 4.98 Å². The van der Waals surface area contributed by atoms with Crippen molar-refractivity contribution < 1.29 is 9.47 Å². The van der Waals surface area contributed by atoms with Gasteiger partial charge in [0.2, 0.25) is 0 Å². The van der Waals surface area contributed by atoms with Crippen molar-refractivity contribution in [2.75, 3.05) is 6.61 Å². The number of nitrogens with zero attached hydrogens (tertiary/aromatic N) is 3. The summed E-state index contributed by atoms with van der Waals surface area (Å²) in [6.07, 6.45) is 3.22. The van der Waals surface area contributed by atoms with Gasteiger partial charge in [0.1, 0.15) is 17.4 Å². The number of benzene rings is 2. The van der Waals surface area contributed by atoms with Crippen molar-refractivity contribution in [3.63, 3.8) is 0 Å². The van der Waals surface area contributed by atoms with E-state index in [-0.39, 0.29) is 12.4 Å². The molecule has 2 aromatic heterocycles. The second kappa shape index (κ2) is 6.61. The van der Waals surface area contributed by atoms with Crippen LogP contribution < -0.4 is 0 Å². The first-order valence-corrected chi connectivity index (χ1v) is 9.01. The van der Waals surface area contributed by atoms with Gasteiger partial charge in [-0.3, -0.25) is 9.55 Å². The fraction of sp³-hybridized carbons (Fsp3) is 0.182. The van der Waals surface area contributed by atoms with Gasteiger partial charge in [-0.15, -0.1) is 0 Å². The quantitative estimate of drug-likeness (QED) is 0.541. The molecule has 1 saturated heterocycles. The number of rotatable bonds is 3. The second-order valence-corrected chi connectivity index (χ2v) is 6.65. The van der Waals surface area contributed by atoms with E-state index in [1.165, 1.54) is 0 Å². The summed E-state index contributed by atoms with van der Waals surface area (Å²) in [7, 11) is 0. The largest absolute Gasteiger partial charge is 0.345 e. The number of ether oxygens (including phenoxy) is 2. The van der Waals surface area contributed by atoms with E-state index in [9.17, 15) is 0 Å². The van der Waals surface area contributed by atoms with E-state index in [0.717, 1.165) is 33.7 Å². The van der Waals surface area contributed by atoms with Gasteiger partial charge in [0.25, 0.3) is 0 Å². The molecule has 1 fully saturated rings. The number of hydrogen-bond acceptors (Lipinski definition) is 4. The maximum Gasteiger partial charge on any atom is 0.184 e.